The van der Waals surface area contributed by atoms with Crippen LogP contribution >= 0.6 is 0 Å². The van der Waals surface area contributed by atoms with Gasteiger partial charge >= 0.3 is 6.09 Å². The highest BCUT2D eigenvalue weighted by Crippen LogP contribution is 2.26. The summed E-state index contributed by atoms with van der Waals surface area (Å²) in [6, 6.07) is 0.0868. The Hall–Kier alpha value is -1.06. The lowest BCUT2D eigenvalue weighted by Gasteiger charge is -2.21. The molecule has 4 heteroatoms. The van der Waals surface area contributed by atoms with E-state index in [0.717, 1.165) is 19.3 Å². The predicted molar refractivity (Wildman–Crippen MR) is 61.2 cm³/mol. The van der Waals surface area contributed by atoms with Crippen LogP contribution in [0.2, 0.25) is 0 Å². The van der Waals surface area contributed by atoms with Crippen LogP contribution in [-0.2, 0) is 9.53 Å². The van der Waals surface area contributed by atoms with Gasteiger partial charge in [0.25, 0.3) is 0 Å². The van der Waals surface area contributed by atoms with Gasteiger partial charge in [-0.1, -0.05) is 0 Å². The average Bonchev–Trinajstić information content (AvgIpc) is 2.48. The second kappa shape index (κ2) is 4.85. The van der Waals surface area contributed by atoms with Gasteiger partial charge in [-0.05, 0) is 47.0 Å². The Labute approximate surface area is 96.7 Å². The van der Waals surface area contributed by atoms with E-state index >= 15 is 0 Å². The third-order valence-corrected chi connectivity index (χ3v) is 2.73. The van der Waals surface area contributed by atoms with E-state index in [1.165, 1.54) is 0 Å². The molecule has 0 heterocycles. The molecule has 0 aromatic carbocycles. The number of rotatable bonds is 2. The molecular formula is C12H21NO3. The van der Waals surface area contributed by atoms with E-state index in [1.807, 2.05) is 20.8 Å². The molecule has 0 aromatic rings. The van der Waals surface area contributed by atoms with Crippen molar-refractivity contribution in [2.75, 3.05) is 0 Å². The molecule has 92 valence electrons. The van der Waals surface area contributed by atoms with E-state index in [2.05, 4.69) is 5.32 Å². The summed E-state index contributed by atoms with van der Waals surface area (Å²) in [5, 5.41) is 2.81. The number of hydrogen-bond acceptors (Lipinski definition) is 3. The molecule has 1 unspecified atom stereocenters. The Bertz CT molecular complexity index is 280. The summed E-state index contributed by atoms with van der Waals surface area (Å²) >= 11 is 0. The molecule has 0 bridgehead atoms. The molecule has 0 saturated heterocycles. The Morgan fingerprint density at radius 3 is 2.31 bits per heavy atom. The molecule has 1 amide bonds. The normalized spacial score (nSPS) is 25.2. The summed E-state index contributed by atoms with van der Waals surface area (Å²) in [4.78, 5) is 22.6. The molecule has 1 rings (SSSR count). The summed E-state index contributed by atoms with van der Waals surface area (Å²) in [5.74, 6) is 0.327. The molecule has 0 spiro atoms. The third kappa shape index (κ3) is 4.21. The lowest BCUT2D eigenvalue weighted by molar-refractivity contribution is -0.120. The Kier molecular flexibility index (Phi) is 3.94. The molecule has 0 aliphatic heterocycles. The number of hydrogen-bond donors (Lipinski definition) is 1. The van der Waals surface area contributed by atoms with Crippen LogP contribution in [0, 0.1) is 5.92 Å². The largest absolute Gasteiger partial charge is 0.444 e. The summed E-state index contributed by atoms with van der Waals surface area (Å²) in [5.41, 5.74) is -0.470. The highest BCUT2D eigenvalue weighted by molar-refractivity contribution is 5.78. The summed E-state index contributed by atoms with van der Waals surface area (Å²) in [6.45, 7) is 7.11. The number of ketones is 1. The minimum absolute atomic E-state index is 0.0868. The molecule has 1 fully saturated rings. The monoisotopic (exact) mass is 227 g/mol. The zero-order valence-electron chi connectivity index (χ0n) is 10.5. The maximum Gasteiger partial charge on any atom is 0.407 e. The fraction of sp³-hybridized carbons (Fsp3) is 0.833. The van der Waals surface area contributed by atoms with Crippen molar-refractivity contribution < 1.29 is 14.3 Å². The predicted octanol–water partition coefficient (Wildman–Crippen LogP) is 2.27. The van der Waals surface area contributed by atoms with Crippen LogP contribution in [0.3, 0.4) is 0 Å². The zero-order valence-corrected chi connectivity index (χ0v) is 10.5. The van der Waals surface area contributed by atoms with Crippen LogP contribution in [0.25, 0.3) is 0 Å². The Morgan fingerprint density at radius 2 is 1.88 bits per heavy atom. The molecule has 2 atom stereocenters. The molecule has 0 aromatic heterocycles. The Balaban J connectivity index is 2.34. The van der Waals surface area contributed by atoms with Crippen molar-refractivity contribution in [3.05, 3.63) is 0 Å². The first-order valence-corrected chi connectivity index (χ1v) is 5.78. The van der Waals surface area contributed by atoms with Gasteiger partial charge in [0.2, 0.25) is 0 Å². The van der Waals surface area contributed by atoms with Gasteiger partial charge in [-0.3, -0.25) is 4.79 Å². The zero-order chi connectivity index (χ0) is 12.3. The van der Waals surface area contributed by atoms with Crippen LogP contribution in [0.1, 0.15) is 47.0 Å². The maximum atomic E-state index is 11.5. The second-order valence-electron chi connectivity index (χ2n) is 5.46. The fourth-order valence-corrected chi connectivity index (χ4v) is 1.96. The second-order valence-corrected chi connectivity index (χ2v) is 5.46. The molecule has 0 radical (unpaired) electrons. The van der Waals surface area contributed by atoms with Crippen LogP contribution in [0.15, 0.2) is 0 Å². The van der Waals surface area contributed by atoms with Crippen LogP contribution in [0.4, 0.5) is 4.79 Å². The van der Waals surface area contributed by atoms with Gasteiger partial charge in [0, 0.05) is 12.0 Å². The highest BCUT2D eigenvalue weighted by atomic mass is 16.6. The lowest BCUT2D eigenvalue weighted by atomic mass is 10.0. The maximum absolute atomic E-state index is 11.5. The van der Waals surface area contributed by atoms with Crippen LogP contribution in [-0.4, -0.2) is 23.5 Å². The summed E-state index contributed by atoms with van der Waals surface area (Å²) < 4.78 is 5.16. The van der Waals surface area contributed by atoms with Crippen molar-refractivity contribution in [2.45, 2.75) is 58.6 Å². The summed E-state index contributed by atoms with van der Waals surface area (Å²) in [7, 11) is 0. The van der Waals surface area contributed by atoms with Gasteiger partial charge in [-0.15, -0.1) is 0 Å². The van der Waals surface area contributed by atoms with Crippen LogP contribution < -0.4 is 5.32 Å². The van der Waals surface area contributed by atoms with E-state index in [1.54, 1.807) is 6.92 Å². The molecule has 1 aliphatic rings. The minimum atomic E-state index is -0.470. The number of alkyl carbamates (subject to hydrolysis) is 1. The first kappa shape index (κ1) is 13.0. The number of carbonyl (C=O) groups is 2. The molecule has 16 heavy (non-hydrogen) atoms. The molecule has 1 N–H and O–H groups in total. The highest BCUT2D eigenvalue weighted by Gasteiger charge is 2.29. The minimum Gasteiger partial charge on any atom is -0.444 e. The SMILES string of the molecule is CC(=O)C1CC[C@@H](NC(=O)OC(C)(C)C)C1. The third-order valence-electron chi connectivity index (χ3n) is 2.73. The van der Waals surface area contributed by atoms with Crippen molar-refractivity contribution in [3.63, 3.8) is 0 Å². The van der Waals surface area contributed by atoms with Crippen molar-refractivity contribution in [1.82, 2.24) is 5.32 Å². The van der Waals surface area contributed by atoms with E-state index in [0.29, 0.717) is 0 Å². The van der Waals surface area contributed by atoms with E-state index < -0.39 is 5.60 Å². The summed E-state index contributed by atoms with van der Waals surface area (Å²) in [6.07, 6.45) is 2.09. The van der Waals surface area contributed by atoms with Gasteiger partial charge in [0.1, 0.15) is 11.4 Å². The fourth-order valence-electron chi connectivity index (χ4n) is 1.96. The van der Waals surface area contributed by atoms with E-state index in [9.17, 15) is 9.59 Å². The van der Waals surface area contributed by atoms with E-state index in [-0.39, 0.29) is 23.8 Å². The van der Waals surface area contributed by atoms with Crippen molar-refractivity contribution in [2.24, 2.45) is 5.92 Å². The van der Waals surface area contributed by atoms with Gasteiger partial charge in [0.15, 0.2) is 0 Å². The first-order valence-electron chi connectivity index (χ1n) is 5.78. The standard InChI is InChI=1S/C12H21NO3/c1-8(14)9-5-6-10(7-9)13-11(15)16-12(2,3)4/h9-10H,5-7H2,1-4H3,(H,13,15)/t9?,10-/m1/s1. The number of Topliss-reactive ketones (excluding diaryl/α,β-unsaturated/α-hetero) is 1. The van der Waals surface area contributed by atoms with Gasteiger partial charge in [-0.25, -0.2) is 4.79 Å². The Morgan fingerprint density at radius 1 is 1.25 bits per heavy atom. The lowest BCUT2D eigenvalue weighted by Crippen LogP contribution is -2.38. The topological polar surface area (TPSA) is 55.4 Å². The molecule has 1 saturated carbocycles. The molecule has 4 nitrogen and oxygen atoms in total. The van der Waals surface area contributed by atoms with E-state index in [4.69, 9.17) is 4.74 Å². The van der Waals surface area contributed by atoms with Gasteiger partial charge < -0.3 is 10.1 Å². The molecule has 1 aliphatic carbocycles. The van der Waals surface area contributed by atoms with Crippen molar-refractivity contribution >= 4 is 11.9 Å². The van der Waals surface area contributed by atoms with Gasteiger partial charge in [-0.2, -0.15) is 0 Å². The number of amides is 1. The smallest absolute Gasteiger partial charge is 0.407 e. The van der Waals surface area contributed by atoms with Crippen molar-refractivity contribution in [3.8, 4) is 0 Å². The number of nitrogens with one attached hydrogen (secondary N) is 1. The van der Waals surface area contributed by atoms with Crippen LogP contribution in [0.5, 0.6) is 0 Å². The molecular weight excluding hydrogens is 206 g/mol. The number of ether oxygens (including phenoxy) is 1. The first-order chi connectivity index (χ1) is 7.28. The average molecular weight is 227 g/mol. The van der Waals surface area contributed by atoms with Gasteiger partial charge in [0.05, 0.1) is 0 Å². The quantitative estimate of drug-likeness (QED) is 0.787. The van der Waals surface area contributed by atoms with Crippen molar-refractivity contribution in [1.29, 1.82) is 0 Å². The number of carbonyl (C=O) groups excluding carboxylic acids is 2.